The summed E-state index contributed by atoms with van der Waals surface area (Å²) in [7, 11) is -8.62. The topological polar surface area (TPSA) is 336 Å². The van der Waals surface area contributed by atoms with E-state index in [1.165, 1.54) is 45.6 Å². The van der Waals surface area contributed by atoms with Crippen molar-refractivity contribution in [3.8, 4) is 11.8 Å². The smallest absolute Gasteiger partial charge is 0.232 e. The van der Waals surface area contributed by atoms with E-state index in [1.807, 2.05) is 15.5 Å². The van der Waals surface area contributed by atoms with Gasteiger partial charge in [0.05, 0.1) is 87.0 Å². The molecule has 0 fully saturated rings. The maximum absolute atomic E-state index is 14.9. The zero-order valence-electron chi connectivity index (χ0n) is 44.0. The highest BCUT2D eigenvalue weighted by Crippen LogP contribution is 2.37. The number of hydrogen-bond acceptors (Lipinski definition) is 17. The summed E-state index contributed by atoms with van der Waals surface area (Å²) in [6.07, 6.45) is 7.45. The number of aliphatic hydroxyl groups is 1. The van der Waals surface area contributed by atoms with Gasteiger partial charge in [0.15, 0.2) is 23.7 Å². The molecule has 442 valence electrons. The van der Waals surface area contributed by atoms with Gasteiger partial charge in [0.2, 0.25) is 47.6 Å². The van der Waals surface area contributed by atoms with Crippen LogP contribution in [0.15, 0.2) is 80.0 Å². The Morgan fingerprint density at radius 2 is 1.08 bits per heavy atom. The Bertz CT molecular complexity index is 4180. The van der Waals surface area contributed by atoms with Crippen LogP contribution in [0.3, 0.4) is 0 Å². The summed E-state index contributed by atoms with van der Waals surface area (Å²) < 4.78 is 172. The van der Waals surface area contributed by atoms with E-state index >= 15 is 0 Å². The molecule has 33 heteroatoms. The van der Waals surface area contributed by atoms with Crippen molar-refractivity contribution in [1.29, 1.82) is 0 Å². The molecular formula is C50H49ClF6N12O11S3. The highest BCUT2D eigenvalue weighted by atomic mass is 35.5. The fourth-order valence-electron chi connectivity index (χ4n) is 7.68. The Hall–Kier alpha value is -8.46. The second-order valence-electron chi connectivity index (χ2n) is 17.1. The minimum Gasteiger partial charge on any atom is -0.480 e. The second-order valence-corrected chi connectivity index (χ2v) is 23.0. The van der Waals surface area contributed by atoms with Crippen LogP contribution in [0.25, 0.3) is 33.1 Å². The average molecular weight is 1240 g/mol. The first-order valence-corrected chi connectivity index (χ1v) is 29.5. The molecule has 0 saturated heterocycles. The number of ketones is 1. The molecule has 0 saturated carbocycles. The fourth-order valence-corrected chi connectivity index (χ4v) is 11.3. The van der Waals surface area contributed by atoms with E-state index < -0.39 is 111 Å². The van der Waals surface area contributed by atoms with Gasteiger partial charge in [-0.25, -0.2) is 81.5 Å². The molecule has 0 spiro atoms. The molecule has 0 bridgehead atoms. The number of halogens is 7. The molecular weight excluding hydrogens is 1190 g/mol. The van der Waals surface area contributed by atoms with Crippen molar-refractivity contribution < 1.29 is 75.8 Å². The molecule has 0 aliphatic carbocycles. The highest BCUT2D eigenvalue weighted by Gasteiger charge is 2.29. The summed E-state index contributed by atoms with van der Waals surface area (Å²) in [6, 6.07) is 7.20. The fraction of sp³-hybridized carbons (Fsp3) is 0.240. The lowest BCUT2D eigenvalue weighted by Crippen LogP contribution is -2.18. The zero-order valence-corrected chi connectivity index (χ0v) is 47.2. The molecule has 0 aliphatic heterocycles. The van der Waals surface area contributed by atoms with Crippen molar-refractivity contribution in [3.05, 3.63) is 148 Å². The van der Waals surface area contributed by atoms with Crippen molar-refractivity contribution >= 4 is 104 Å². The molecule has 0 radical (unpaired) electrons. The van der Waals surface area contributed by atoms with E-state index in [4.69, 9.17) is 21.1 Å². The van der Waals surface area contributed by atoms with Crippen molar-refractivity contribution in [3.63, 3.8) is 0 Å². The number of hydrogen-bond donors (Lipinski definition) is 7. The van der Waals surface area contributed by atoms with E-state index in [0.29, 0.717) is 30.1 Å². The van der Waals surface area contributed by atoms with Crippen LogP contribution in [-0.4, -0.2) is 119 Å². The summed E-state index contributed by atoms with van der Waals surface area (Å²) in [5, 5.41) is 12.5. The SMILES string of the molecule is CCCS(=O)(=O)Nc1ccc(F)c(C(=O)c2c[nH]c3ncnc(OC)c23)c1F.CCCS(=O)(=O)Nc1ccc(F)c(C(O)c2c[nH]c3ncnc(OC)c23)c1F.CCCS(=O)(=O)Nc1ccc(F)c(C=O)c1F.Clc1ncnc2[nH]ccc12. The first kappa shape index (κ1) is 63.7. The minimum absolute atomic E-state index is 0.00227. The Kier molecular flexibility index (Phi) is 21.1. The van der Waals surface area contributed by atoms with Crippen molar-refractivity contribution in [2.75, 3.05) is 45.6 Å². The first-order valence-electron chi connectivity index (χ1n) is 24.1. The number of nitrogens with one attached hydrogen (secondary N) is 6. The third-order valence-corrected chi connectivity index (χ3v) is 16.0. The molecule has 9 rings (SSSR count). The molecule has 1 unspecified atom stereocenters. The van der Waals surface area contributed by atoms with E-state index in [9.17, 15) is 66.3 Å². The normalized spacial score (nSPS) is 11.8. The molecule has 23 nitrogen and oxygen atoms in total. The number of H-pyrrole nitrogens is 3. The van der Waals surface area contributed by atoms with Gasteiger partial charge in [-0.2, -0.15) is 0 Å². The van der Waals surface area contributed by atoms with Crippen LogP contribution in [0.5, 0.6) is 11.8 Å². The lowest BCUT2D eigenvalue weighted by Gasteiger charge is -2.16. The lowest BCUT2D eigenvalue weighted by molar-refractivity contribution is 0.103. The van der Waals surface area contributed by atoms with Crippen LogP contribution in [-0.2, 0) is 30.1 Å². The minimum atomic E-state index is -3.83. The van der Waals surface area contributed by atoms with E-state index in [1.54, 1.807) is 27.0 Å². The van der Waals surface area contributed by atoms with Crippen LogP contribution in [0.4, 0.5) is 43.4 Å². The number of aliphatic hydroxyl groups excluding tert-OH is 1. The predicted octanol–water partition coefficient (Wildman–Crippen LogP) is 8.65. The van der Waals surface area contributed by atoms with E-state index in [-0.39, 0.29) is 62.9 Å². The monoisotopic (exact) mass is 1240 g/mol. The van der Waals surface area contributed by atoms with Gasteiger partial charge in [-0.15, -0.1) is 0 Å². The van der Waals surface area contributed by atoms with Gasteiger partial charge in [-0.05, 0) is 61.7 Å². The standard InChI is InChI=1S/C17H18F2N4O4S.C17H16F2N4O4S.C10H11F2NO3S.C6H4ClN3/c2*1-3-6-28(25,26)23-11-5-4-10(18)13(14(11)19)15(24)9-7-20-16-12(9)17(27-2)22-8-21-16;1-2-5-17(15,16)13-9-4-3-8(11)7(6-14)10(9)12;7-5-4-1-2-8-6(4)10-3-9-5/h4-5,7-8,15,23-24H,3,6H2,1-2H3,(H,20,21,22);4-5,7-8,23H,3,6H2,1-2H3,(H,20,21,22);3-4,6,13H,2,5H2,1H3;1-3H,(H,8,9,10). The largest absolute Gasteiger partial charge is 0.480 e. The lowest BCUT2D eigenvalue weighted by atomic mass is 10.00. The van der Waals surface area contributed by atoms with Gasteiger partial charge in [0.25, 0.3) is 0 Å². The molecule has 6 heterocycles. The first-order chi connectivity index (χ1) is 39.4. The molecule has 0 aliphatic rings. The van der Waals surface area contributed by atoms with Gasteiger partial charge < -0.3 is 29.5 Å². The number of carbonyl (C=O) groups excluding carboxylic acids is 2. The van der Waals surface area contributed by atoms with Crippen molar-refractivity contribution in [2.24, 2.45) is 0 Å². The maximum atomic E-state index is 14.9. The summed E-state index contributed by atoms with van der Waals surface area (Å²) in [4.78, 5) is 55.2. The van der Waals surface area contributed by atoms with Crippen LogP contribution in [0, 0.1) is 34.9 Å². The summed E-state index contributed by atoms with van der Waals surface area (Å²) in [5.41, 5.74) is -2.49. The zero-order chi connectivity index (χ0) is 61.0. The third kappa shape index (κ3) is 15.2. The molecule has 0 amide bonds. The molecule has 7 N–H and O–H groups in total. The second kappa shape index (κ2) is 27.5. The van der Waals surface area contributed by atoms with Crippen molar-refractivity contribution in [1.82, 2.24) is 44.9 Å². The number of sulfonamides is 3. The van der Waals surface area contributed by atoms with Crippen LogP contribution in [0.1, 0.15) is 83.5 Å². The molecule has 83 heavy (non-hydrogen) atoms. The number of ether oxygens (including phenoxy) is 2. The van der Waals surface area contributed by atoms with Crippen LogP contribution >= 0.6 is 11.6 Å². The van der Waals surface area contributed by atoms with Gasteiger partial charge in [-0.1, -0.05) is 32.4 Å². The van der Waals surface area contributed by atoms with Crippen molar-refractivity contribution in [2.45, 2.75) is 46.1 Å². The van der Waals surface area contributed by atoms with E-state index in [2.05, 4.69) is 49.6 Å². The number of carbonyl (C=O) groups is 2. The average Bonchev–Trinajstić information content (AvgIpc) is 4.07. The Labute approximate surface area is 473 Å². The number of fused-ring (bicyclic) bond motifs is 3. The number of nitrogens with zero attached hydrogens (tertiary/aromatic N) is 6. The van der Waals surface area contributed by atoms with Gasteiger partial charge >= 0.3 is 0 Å². The van der Waals surface area contributed by atoms with Crippen LogP contribution < -0.4 is 23.6 Å². The number of aldehydes is 1. The summed E-state index contributed by atoms with van der Waals surface area (Å²) in [6.45, 7) is 4.95. The molecule has 6 aromatic heterocycles. The number of benzene rings is 3. The van der Waals surface area contributed by atoms with Crippen LogP contribution in [0.2, 0.25) is 5.15 Å². The number of aromatic amines is 3. The number of methoxy groups -OCH3 is 2. The third-order valence-electron chi connectivity index (χ3n) is 11.3. The number of rotatable bonds is 19. The Morgan fingerprint density at radius 1 is 0.614 bits per heavy atom. The highest BCUT2D eigenvalue weighted by molar-refractivity contribution is 7.93. The summed E-state index contributed by atoms with van der Waals surface area (Å²) >= 11 is 5.73. The Morgan fingerprint density at radius 3 is 1.61 bits per heavy atom. The number of anilines is 3. The van der Waals surface area contributed by atoms with Gasteiger partial charge in [0.1, 0.15) is 64.6 Å². The van der Waals surface area contributed by atoms with Gasteiger partial charge in [0, 0.05) is 24.2 Å². The predicted molar refractivity (Wildman–Crippen MR) is 295 cm³/mol. The maximum Gasteiger partial charge on any atom is 0.232 e. The summed E-state index contributed by atoms with van der Waals surface area (Å²) in [5.74, 6) is -8.42. The van der Waals surface area contributed by atoms with E-state index in [0.717, 1.165) is 47.4 Å². The Balaban J connectivity index is 0.000000188. The molecule has 9 aromatic rings. The van der Waals surface area contributed by atoms with Gasteiger partial charge in [-0.3, -0.25) is 23.8 Å². The molecule has 3 aromatic carbocycles. The number of aromatic nitrogens is 9. The molecule has 1 atom stereocenters. The quantitative estimate of drug-likeness (QED) is 0.0172.